The highest BCUT2D eigenvalue weighted by Crippen LogP contribution is 2.18. The number of aliphatic carboxylic acids is 3. The molecule has 22 nitrogen and oxygen atoms in total. The Balaban J connectivity index is 2.49. The zero-order chi connectivity index (χ0) is 42.5. The van der Waals surface area contributed by atoms with Crippen molar-refractivity contribution < 1.29 is 74.7 Å². The van der Waals surface area contributed by atoms with Crippen LogP contribution in [0.4, 0.5) is 0 Å². The van der Waals surface area contributed by atoms with Crippen LogP contribution in [-0.2, 0) is 41.9 Å². The van der Waals surface area contributed by atoms with Crippen molar-refractivity contribution >= 4 is 35.6 Å². The normalized spacial score (nSPS) is 17.7. The van der Waals surface area contributed by atoms with E-state index in [9.17, 15) is 59.4 Å². The summed E-state index contributed by atoms with van der Waals surface area (Å²) < 4.78 is 0. The van der Waals surface area contributed by atoms with Gasteiger partial charge < -0.3 is 76.3 Å². The summed E-state index contributed by atoms with van der Waals surface area (Å²) in [6, 6.07) is 0.459. The number of carboxylic acids is 3. The number of aromatic nitrogens is 1. The van der Waals surface area contributed by atoms with Gasteiger partial charge in [0, 0.05) is 84.2 Å². The molecule has 0 saturated heterocycles. The van der Waals surface area contributed by atoms with Crippen LogP contribution >= 0.6 is 0 Å². The van der Waals surface area contributed by atoms with Gasteiger partial charge in [0.05, 0.1) is 79.5 Å². The van der Waals surface area contributed by atoms with Gasteiger partial charge in [-0.3, -0.25) is 34.1 Å². The number of aliphatic hydroxyl groups excluding tert-OH is 6. The summed E-state index contributed by atoms with van der Waals surface area (Å²) in [5.74, 6) is -6.59. The Kier molecular flexibility index (Phi) is 22.1. The zero-order valence-electron chi connectivity index (χ0n) is 31.6. The molecule has 1 aliphatic heterocycles. The number of hydrogen-bond acceptors (Lipinski definition) is 19. The Morgan fingerprint density at radius 3 is 1.16 bits per heavy atom. The number of nitrogens with one attached hydrogen (secondary N) is 3. The van der Waals surface area contributed by atoms with Crippen LogP contribution in [0.2, 0.25) is 0 Å². The standard InChI is InChI=1S/C35H57N7O15/c43-19-24(46)14-36-30(49)7-4-27(33(52)53)40-10-12-41(28(34(54)55)5-8-31(50)37-15-25(47)20-44)17-22-2-1-3-23(39-22)18-42(13-11-40)29(35(56)57)6-9-32(51)38-16-26(48)21-45/h1-3,24-29,43-48H,4-21H2,(H,36,49)(H,37,50)(H,38,51)(H,52,53)(H,54,55)(H,56,57)/p-3. The fourth-order valence-electron chi connectivity index (χ4n) is 6.05. The lowest BCUT2D eigenvalue weighted by Crippen LogP contribution is -2.56. The molecule has 22 heteroatoms. The van der Waals surface area contributed by atoms with Crippen molar-refractivity contribution in [1.82, 2.24) is 35.6 Å². The van der Waals surface area contributed by atoms with Gasteiger partial charge in [-0.25, -0.2) is 0 Å². The first-order valence-corrected chi connectivity index (χ1v) is 18.5. The lowest BCUT2D eigenvalue weighted by atomic mass is 10.1. The minimum absolute atomic E-state index is 0.152. The fraction of sp³-hybridized carbons (Fsp3) is 0.686. The molecule has 2 bridgehead atoms. The first-order chi connectivity index (χ1) is 27.1. The summed E-state index contributed by atoms with van der Waals surface area (Å²) in [5, 5.41) is 101. The van der Waals surface area contributed by atoms with Gasteiger partial charge >= 0.3 is 0 Å². The Bertz CT molecular complexity index is 1380. The molecule has 6 unspecified atom stereocenters. The van der Waals surface area contributed by atoms with Gasteiger partial charge in [-0.15, -0.1) is 0 Å². The molecular weight excluding hydrogens is 758 g/mol. The third kappa shape index (κ3) is 18.2. The third-order valence-electron chi connectivity index (χ3n) is 9.25. The molecule has 6 atom stereocenters. The molecular formula is C35H54N7O15-3. The number of pyridine rings is 1. The third-order valence-corrected chi connectivity index (χ3v) is 9.25. The minimum atomic E-state index is -1.60. The van der Waals surface area contributed by atoms with E-state index in [2.05, 4.69) is 20.9 Å². The van der Waals surface area contributed by atoms with Crippen LogP contribution in [0.1, 0.15) is 49.9 Å². The molecule has 0 spiro atoms. The first kappa shape index (κ1) is 48.8. The second-order valence-corrected chi connectivity index (χ2v) is 13.6. The number of fused-ring (bicyclic) bond motifs is 2. The Labute approximate surface area is 329 Å². The number of hydrogen-bond donors (Lipinski definition) is 9. The van der Waals surface area contributed by atoms with Crippen molar-refractivity contribution in [3.63, 3.8) is 0 Å². The molecule has 0 aliphatic carbocycles. The molecule has 0 saturated carbocycles. The highest BCUT2D eigenvalue weighted by atomic mass is 16.4. The molecule has 0 radical (unpaired) electrons. The summed E-state index contributed by atoms with van der Waals surface area (Å²) in [7, 11) is 0. The van der Waals surface area contributed by atoms with E-state index >= 15 is 0 Å². The van der Waals surface area contributed by atoms with Crippen LogP contribution in [0.25, 0.3) is 0 Å². The van der Waals surface area contributed by atoms with Gasteiger partial charge in [-0.2, -0.15) is 0 Å². The predicted molar refractivity (Wildman–Crippen MR) is 189 cm³/mol. The molecule has 322 valence electrons. The minimum Gasteiger partial charge on any atom is -0.548 e. The number of carbonyl (C=O) groups excluding carboxylic acids is 6. The van der Waals surface area contributed by atoms with Gasteiger partial charge in [-0.05, 0) is 31.4 Å². The lowest BCUT2D eigenvalue weighted by molar-refractivity contribution is -0.314. The largest absolute Gasteiger partial charge is 0.548 e. The van der Waals surface area contributed by atoms with Crippen LogP contribution < -0.4 is 31.3 Å². The predicted octanol–water partition coefficient (Wildman–Crippen LogP) is -8.89. The molecule has 9 N–H and O–H groups in total. The van der Waals surface area contributed by atoms with E-state index < -0.39 is 91.9 Å². The highest BCUT2D eigenvalue weighted by Gasteiger charge is 2.29. The van der Waals surface area contributed by atoms with Crippen molar-refractivity contribution in [3.05, 3.63) is 29.6 Å². The maximum absolute atomic E-state index is 12.6. The Hall–Kier alpha value is -4.39. The van der Waals surface area contributed by atoms with Gasteiger partial charge in [0.1, 0.15) is 0 Å². The number of rotatable bonds is 24. The van der Waals surface area contributed by atoms with Crippen molar-refractivity contribution in [1.29, 1.82) is 0 Å². The van der Waals surface area contributed by atoms with Crippen LogP contribution in [0, 0.1) is 0 Å². The zero-order valence-corrected chi connectivity index (χ0v) is 31.6. The second-order valence-electron chi connectivity index (χ2n) is 13.6. The van der Waals surface area contributed by atoms with Gasteiger partial charge in [0.2, 0.25) is 17.7 Å². The summed E-state index contributed by atoms with van der Waals surface area (Å²) in [6.45, 7) is -3.72. The second kappa shape index (κ2) is 25.8. The van der Waals surface area contributed by atoms with Crippen molar-refractivity contribution in [2.45, 2.75) is 88.1 Å². The maximum atomic E-state index is 12.6. The van der Waals surface area contributed by atoms with E-state index in [4.69, 9.17) is 15.3 Å². The molecule has 1 aromatic heterocycles. The van der Waals surface area contributed by atoms with Gasteiger partial charge in [-0.1, -0.05) is 6.07 Å². The first-order valence-electron chi connectivity index (χ1n) is 18.5. The molecule has 57 heavy (non-hydrogen) atoms. The molecule has 2 rings (SSSR count). The van der Waals surface area contributed by atoms with Crippen LogP contribution in [0.3, 0.4) is 0 Å². The van der Waals surface area contributed by atoms with Crippen molar-refractivity contribution in [2.24, 2.45) is 0 Å². The summed E-state index contributed by atoms with van der Waals surface area (Å²) in [4.78, 5) is 84.0. The Morgan fingerprint density at radius 1 is 0.561 bits per heavy atom. The molecule has 1 aliphatic rings. The van der Waals surface area contributed by atoms with E-state index in [1.54, 1.807) is 18.2 Å². The van der Waals surface area contributed by atoms with Crippen molar-refractivity contribution in [3.8, 4) is 0 Å². The van der Waals surface area contributed by atoms with Crippen LogP contribution in [0.15, 0.2) is 18.2 Å². The van der Waals surface area contributed by atoms with E-state index in [1.165, 1.54) is 14.7 Å². The van der Waals surface area contributed by atoms with E-state index in [0.29, 0.717) is 11.4 Å². The average Bonchev–Trinajstić information content (AvgIpc) is 3.17. The van der Waals surface area contributed by atoms with E-state index in [1.807, 2.05) is 0 Å². The number of nitrogens with zero attached hydrogens (tertiary/aromatic N) is 4. The SMILES string of the molecule is O=C(CCC(C(=O)[O-])N1CCN(C(CCC(=O)NCC(O)CO)C(=O)[O-])Cc2cccc(n2)CN(C(CCC(=O)NCC(O)CO)C(=O)[O-])CC1)NCC(O)CO. The summed E-state index contributed by atoms with van der Waals surface area (Å²) in [5.41, 5.74) is 0.651. The van der Waals surface area contributed by atoms with Gasteiger partial charge in [0.15, 0.2) is 0 Å². The number of amides is 3. The summed E-state index contributed by atoms with van der Waals surface area (Å²) in [6.07, 6.45) is -5.63. The smallest absolute Gasteiger partial charge is 0.220 e. The van der Waals surface area contributed by atoms with Gasteiger partial charge in [0.25, 0.3) is 0 Å². The lowest BCUT2D eigenvalue weighted by Gasteiger charge is -2.40. The molecule has 1 aromatic rings. The number of carbonyl (C=O) groups is 6. The molecule has 2 heterocycles. The molecule has 0 fully saturated rings. The topological polar surface area (TPSA) is 352 Å². The van der Waals surface area contributed by atoms with Crippen LogP contribution in [0.5, 0.6) is 0 Å². The average molecular weight is 813 g/mol. The molecule has 3 amide bonds. The van der Waals surface area contributed by atoms with Crippen LogP contribution in [-0.4, -0.2) is 188 Å². The van der Waals surface area contributed by atoms with Crippen molar-refractivity contribution in [2.75, 3.05) is 65.6 Å². The highest BCUT2D eigenvalue weighted by molar-refractivity contribution is 5.79. The number of aliphatic hydroxyl groups is 6. The monoisotopic (exact) mass is 812 g/mol. The van der Waals surface area contributed by atoms with E-state index in [-0.39, 0.29) is 97.4 Å². The molecule has 0 aromatic carbocycles. The summed E-state index contributed by atoms with van der Waals surface area (Å²) >= 11 is 0. The number of carboxylic acid groups (broad SMARTS) is 3. The Morgan fingerprint density at radius 2 is 0.860 bits per heavy atom. The maximum Gasteiger partial charge on any atom is 0.220 e. The van der Waals surface area contributed by atoms with E-state index in [0.717, 1.165) is 0 Å². The quantitative estimate of drug-likeness (QED) is 0.0468. The fourth-order valence-corrected chi connectivity index (χ4v) is 6.05.